The smallest absolute Gasteiger partial charge is 0.252 e. The molecule has 27 heavy (non-hydrogen) atoms. The van der Waals surface area contributed by atoms with E-state index in [1.807, 2.05) is 11.6 Å². The molecule has 2 aliphatic rings. The van der Waals surface area contributed by atoms with Gasteiger partial charge < -0.3 is 15.7 Å². The fraction of sp³-hybridized carbons (Fsp3) is 0.500. The molecule has 0 saturated carbocycles. The van der Waals surface area contributed by atoms with Crippen molar-refractivity contribution in [2.24, 2.45) is 0 Å². The van der Waals surface area contributed by atoms with Crippen molar-refractivity contribution >= 4 is 17.2 Å². The number of hydrogen-bond acceptors (Lipinski definition) is 6. The molecule has 2 aliphatic heterocycles. The van der Waals surface area contributed by atoms with E-state index in [0.717, 1.165) is 43.7 Å². The topological polar surface area (TPSA) is 77.5 Å². The Kier molecular flexibility index (Phi) is 5.54. The van der Waals surface area contributed by atoms with Gasteiger partial charge in [-0.25, -0.2) is 0 Å². The van der Waals surface area contributed by atoms with Crippen LogP contribution >= 0.6 is 11.3 Å². The van der Waals surface area contributed by atoms with E-state index in [0.29, 0.717) is 13.1 Å². The number of aliphatic hydroxyl groups excluding tert-OH is 1. The number of aromatic nitrogens is 1. The highest BCUT2D eigenvalue weighted by Crippen LogP contribution is 2.29. The summed E-state index contributed by atoms with van der Waals surface area (Å²) in [6, 6.07) is 4.06. The normalized spacial score (nSPS) is 22.6. The third-order valence-corrected chi connectivity index (χ3v) is 6.46. The lowest BCUT2D eigenvalue weighted by Gasteiger charge is -2.27. The van der Waals surface area contributed by atoms with Gasteiger partial charge in [-0.2, -0.15) is 0 Å². The van der Waals surface area contributed by atoms with E-state index in [1.54, 1.807) is 11.3 Å². The molecule has 0 unspecified atom stereocenters. The van der Waals surface area contributed by atoms with Gasteiger partial charge in [-0.3, -0.25) is 14.7 Å². The summed E-state index contributed by atoms with van der Waals surface area (Å²) in [5, 5.41) is 17.9. The number of pyridine rings is 1. The fourth-order valence-electron chi connectivity index (χ4n) is 3.75. The number of thiophene rings is 1. The second-order valence-electron chi connectivity index (χ2n) is 7.33. The van der Waals surface area contributed by atoms with Crippen LogP contribution in [0, 0.1) is 0 Å². The molecule has 4 heterocycles. The summed E-state index contributed by atoms with van der Waals surface area (Å²) in [6.07, 6.45) is 3.34. The third-order valence-electron chi connectivity index (χ3n) is 5.45. The molecule has 2 aromatic rings. The molecule has 0 aliphatic carbocycles. The second kappa shape index (κ2) is 8.06. The Morgan fingerprint density at radius 3 is 3.04 bits per heavy atom. The minimum atomic E-state index is -0.509. The molecular weight excluding hydrogens is 360 g/mol. The van der Waals surface area contributed by atoms with Crippen LogP contribution in [-0.2, 0) is 25.9 Å². The zero-order chi connectivity index (χ0) is 18.8. The minimum absolute atomic E-state index is 0.0643. The predicted octanol–water partition coefficient (Wildman–Crippen LogP) is 1.33. The average molecular weight is 387 g/mol. The number of rotatable bonds is 5. The molecular formula is C20H26N4O2S. The summed E-state index contributed by atoms with van der Waals surface area (Å²) in [7, 11) is 0. The Labute approximate surface area is 163 Å². The van der Waals surface area contributed by atoms with Gasteiger partial charge >= 0.3 is 0 Å². The first-order chi connectivity index (χ1) is 13.1. The van der Waals surface area contributed by atoms with Crippen molar-refractivity contribution in [2.45, 2.75) is 45.0 Å². The number of β-amino-alcohol motifs (C(OH)–C–C–N with tert-alkyl or cyclic N) is 1. The Hall–Kier alpha value is -1.80. The summed E-state index contributed by atoms with van der Waals surface area (Å²) in [5.74, 6) is -0.0643. The van der Waals surface area contributed by atoms with Crippen molar-refractivity contribution in [1.29, 1.82) is 0 Å². The molecule has 4 rings (SSSR count). The van der Waals surface area contributed by atoms with Crippen LogP contribution in [0.3, 0.4) is 0 Å². The van der Waals surface area contributed by atoms with Gasteiger partial charge in [0, 0.05) is 49.2 Å². The van der Waals surface area contributed by atoms with Crippen LogP contribution in [0.1, 0.15) is 39.0 Å². The molecule has 0 bridgehead atoms. The standard InChI is InChI=1S/C20H26N4O2S/c1-2-13-3-4-14(22-7-13)10-24-6-5-15-16(12-27-19(15)11-24)20(26)23-17-8-21-9-18(17)25/h3-4,7,12,17-18,21,25H,2,5-6,8-11H2,1H3,(H,23,26)/t17-,18-/m1/s1. The number of nitrogens with one attached hydrogen (secondary N) is 2. The predicted molar refractivity (Wildman–Crippen MR) is 106 cm³/mol. The number of aliphatic hydroxyl groups is 1. The number of hydrogen-bond donors (Lipinski definition) is 3. The van der Waals surface area contributed by atoms with Gasteiger partial charge in [0.15, 0.2) is 0 Å². The number of fused-ring (bicyclic) bond motifs is 1. The van der Waals surface area contributed by atoms with Crippen LogP contribution in [0.15, 0.2) is 23.7 Å². The highest BCUT2D eigenvalue weighted by Gasteiger charge is 2.29. The first-order valence-corrected chi connectivity index (χ1v) is 10.5. The summed E-state index contributed by atoms with van der Waals surface area (Å²) in [5.41, 5.74) is 4.30. The molecule has 0 aromatic carbocycles. The molecule has 2 aromatic heterocycles. The van der Waals surface area contributed by atoms with Crippen molar-refractivity contribution in [3.05, 3.63) is 51.0 Å². The molecule has 1 fully saturated rings. The van der Waals surface area contributed by atoms with Crippen LogP contribution in [0.25, 0.3) is 0 Å². The molecule has 6 nitrogen and oxygen atoms in total. The van der Waals surface area contributed by atoms with Crippen molar-refractivity contribution in [1.82, 2.24) is 20.5 Å². The number of carbonyl (C=O) groups is 1. The zero-order valence-corrected chi connectivity index (χ0v) is 16.4. The second-order valence-corrected chi connectivity index (χ2v) is 8.29. The molecule has 0 radical (unpaired) electrons. The summed E-state index contributed by atoms with van der Waals surface area (Å²) in [6.45, 7) is 5.92. The first kappa shape index (κ1) is 18.6. The van der Waals surface area contributed by atoms with Crippen molar-refractivity contribution in [3.63, 3.8) is 0 Å². The fourth-order valence-corrected chi connectivity index (χ4v) is 4.87. The largest absolute Gasteiger partial charge is 0.390 e. The SMILES string of the molecule is CCc1ccc(CN2CCc3c(C(=O)N[C@@H]4CNC[C@H]4O)csc3C2)nc1. The van der Waals surface area contributed by atoms with E-state index in [1.165, 1.54) is 16.0 Å². The lowest BCUT2D eigenvalue weighted by molar-refractivity contribution is 0.0887. The minimum Gasteiger partial charge on any atom is -0.390 e. The maximum absolute atomic E-state index is 12.6. The molecule has 144 valence electrons. The van der Waals surface area contributed by atoms with Gasteiger partial charge in [-0.05, 0) is 30.0 Å². The lowest BCUT2D eigenvalue weighted by Crippen LogP contribution is -2.43. The highest BCUT2D eigenvalue weighted by atomic mass is 32.1. The molecule has 2 atom stereocenters. The van der Waals surface area contributed by atoms with Crippen LogP contribution in [-0.4, -0.2) is 52.7 Å². The maximum Gasteiger partial charge on any atom is 0.252 e. The van der Waals surface area contributed by atoms with Gasteiger partial charge in [-0.15, -0.1) is 11.3 Å². The van der Waals surface area contributed by atoms with Crippen molar-refractivity contribution in [3.8, 4) is 0 Å². The van der Waals surface area contributed by atoms with Gasteiger partial charge in [0.05, 0.1) is 23.4 Å². The van der Waals surface area contributed by atoms with E-state index in [2.05, 4.69) is 39.6 Å². The lowest BCUT2D eigenvalue weighted by atomic mass is 10.0. The number of aryl methyl sites for hydroxylation is 1. The number of nitrogens with zero attached hydrogens (tertiary/aromatic N) is 2. The number of amides is 1. The van der Waals surface area contributed by atoms with Crippen molar-refractivity contribution in [2.75, 3.05) is 19.6 Å². The van der Waals surface area contributed by atoms with Crippen LogP contribution in [0.2, 0.25) is 0 Å². The van der Waals surface area contributed by atoms with Crippen molar-refractivity contribution < 1.29 is 9.90 Å². The van der Waals surface area contributed by atoms with E-state index >= 15 is 0 Å². The molecule has 1 amide bonds. The summed E-state index contributed by atoms with van der Waals surface area (Å²) < 4.78 is 0. The Morgan fingerprint density at radius 2 is 2.33 bits per heavy atom. The van der Waals surface area contributed by atoms with Crippen LogP contribution in [0.4, 0.5) is 0 Å². The van der Waals surface area contributed by atoms with Crippen LogP contribution in [0.5, 0.6) is 0 Å². The monoisotopic (exact) mass is 386 g/mol. The van der Waals surface area contributed by atoms with E-state index < -0.39 is 6.10 Å². The van der Waals surface area contributed by atoms with Gasteiger partial charge in [-0.1, -0.05) is 13.0 Å². The Balaban J connectivity index is 1.40. The van der Waals surface area contributed by atoms with Crippen LogP contribution < -0.4 is 10.6 Å². The molecule has 7 heteroatoms. The molecule has 1 saturated heterocycles. The maximum atomic E-state index is 12.6. The molecule has 3 N–H and O–H groups in total. The third kappa shape index (κ3) is 4.06. The summed E-state index contributed by atoms with van der Waals surface area (Å²) >= 11 is 1.66. The zero-order valence-electron chi connectivity index (χ0n) is 15.6. The van der Waals surface area contributed by atoms with E-state index in [9.17, 15) is 9.90 Å². The van der Waals surface area contributed by atoms with E-state index in [-0.39, 0.29) is 11.9 Å². The van der Waals surface area contributed by atoms with Gasteiger partial charge in [0.25, 0.3) is 5.91 Å². The summed E-state index contributed by atoms with van der Waals surface area (Å²) in [4.78, 5) is 20.9. The van der Waals surface area contributed by atoms with Gasteiger partial charge in [0.1, 0.15) is 0 Å². The Bertz CT molecular complexity index is 805. The Morgan fingerprint density at radius 1 is 1.44 bits per heavy atom. The quantitative estimate of drug-likeness (QED) is 0.723. The molecule has 0 spiro atoms. The van der Waals surface area contributed by atoms with Gasteiger partial charge in [0.2, 0.25) is 0 Å². The average Bonchev–Trinajstić information content (AvgIpc) is 3.28. The first-order valence-electron chi connectivity index (χ1n) is 9.59. The highest BCUT2D eigenvalue weighted by molar-refractivity contribution is 7.10. The number of carbonyl (C=O) groups excluding carboxylic acids is 1. The van der Waals surface area contributed by atoms with E-state index in [4.69, 9.17) is 0 Å².